The van der Waals surface area contributed by atoms with Gasteiger partial charge in [-0.1, -0.05) is 6.07 Å². The van der Waals surface area contributed by atoms with Crippen molar-refractivity contribution < 1.29 is 17.9 Å². The molecule has 1 unspecified atom stereocenters. The molecule has 0 aliphatic carbocycles. The Balaban J connectivity index is 1.70. The first-order valence-electron chi connectivity index (χ1n) is 7.48. The molecule has 7 heteroatoms. The zero-order valence-corrected chi connectivity index (χ0v) is 13.2. The van der Waals surface area contributed by atoms with Crippen LogP contribution in [0.5, 0.6) is 11.5 Å². The van der Waals surface area contributed by atoms with Gasteiger partial charge in [-0.3, -0.25) is 4.98 Å². The van der Waals surface area contributed by atoms with E-state index in [9.17, 15) is 8.42 Å². The van der Waals surface area contributed by atoms with Crippen molar-refractivity contribution in [2.24, 2.45) is 0 Å². The van der Waals surface area contributed by atoms with Gasteiger partial charge < -0.3 is 9.47 Å². The Morgan fingerprint density at radius 2 is 2.04 bits per heavy atom. The lowest BCUT2D eigenvalue weighted by Gasteiger charge is -2.24. The van der Waals surface area contributed by atoms with Crippen LogP contribution in [0.15, 0.2) is 47.6 Å². The van der Waals surface area contributed by atoms with E-state index in [0.29, 0.717) is 18.0 Å². The molecule has 4 rings (SSSR count). The standard InChI is InChI=1S/C16H16N2O4S/c19-23(20,13-5-6-15-16(9-13)22-11-21-15)18-8-2-4-14(18)12-3-1-7-17-10-12/h1,3,5-7,9-10,14H,2,4,8,11H2. The molecule has 1 fully saturated rings. The van der Waals surface area contributed by atoms with Gasteiger partial charge in [-0.15, -0.1) is 0 Å². The Hall–Kier alpha value is -2.12. The van der Waals surface area contributed by atoms with Crippen LogP contribution in [0.2, 0.25) is 0 Å². The lowest BCUT2D eigenvalue weighted by Crippen LogP contribution is -2.30. The number of pyridine rings is 1. The van der Waals surface area contributed by atoms with Gasteiger partial charge in [-0.05, 0) is 36.6 Å². The van der Waals surface area contributed by atoms with Crippen molar-refractivity contribution in [1.82, 2.24) is 9.29 Å². The fourth-order valence-corrected chi connectivity index (χ4v) is 4.81. The minimum atomic E-state index is -3.59. The first kappa shape index (κ1) is 14.5. The van der Waals surface area contributed by atoms with Gasteiger partial charge in [0.1, 0.15) is 0 Å². The maximum atomic E-state index is 13.0. The van der Waals surface area contributed by atoms with E-state index >= 15 is 0 Å². The smallest absolute Gasteiger partial charge is 0.243 e. The van der Waals surface area contributed by atoms with Gasteiger partial charge in [0.05, 0.1) is 10.9 Å². The van der Waals surface area contributed by atoms with E-state index in [0.717, 1.165) is 18.4 Å². The molecule has 1 atom stereocenters. The van der Waals surface area contributed by atoms with E-state index in [1.165, 1.54) is 6.07 Å². The number of sulfonamides is 1. The summed E-state index contributed by atoms with van der Waals surface area (Å²) < 4.78 is 38.1. The Morgan fingerprint density at radius 1 is 1.17 bits per heavy atom. The van der Waals surface area contributed by atoms with E-state index in [4.69, 9.17) is 9.47 Å². The number of hydrogen-bond acceptors (Lipinski definition) is 5. The Bertz CT molecular complexity index is 823. The summed E-state index contributed by atoms with van der Waals surface area (Å²) in [6, 6.07) is 8.34. The van der Waals surface area contributed by atoms with Crippen molar-refractivity contribution >= 4 is 10.0 Å². The molecule has 120 valence electrons. The van der Waals surface area contributed by atoms with E-state index in [-0.39, 0.29) is 17.7 Å². The second kappa shape index (κ2) is 5.50. The van der Waals surface area contributed by atoms with Crippen LogP contribution in [-0.4, -0.2) is 31.0 Å². The topological polar surface area (TPSA) is 68.7 Å². The average Bonchev–Trinajstić information content (AvgIpc) is 3.24. The third kappa shape index (κ3) is 2.46. The molecular weight excluding hydrogens is 316 g/mol. The average molecular weight is 332 g/mol. The van der Waals surface area contributed by atoms with E-state index < -0.39 is 10.0 Å². The summed E-state index contributed by atoms with van der Waals surface area (Å²) in [6.07, 6.45) is 5.06. The molecule has 3 heterocycles. The zero-order chi connectivity index (χ0) is 15.9. The van der Waals surface area contributed by atoms with Gasteiger partial charge in [0.15, 0.2) is 11.5 Å². The van der Waals surface area contributed by atoms with Crippen LogP contribution < -0.4 is 9.47 Å². The molecule has 0 radical (unpaired) electrons. The van der Waals surface area contributed by atoms with Crippen molar-refractivity contribution in [3.63, 3.8) is 0 Å². The van der Waals surface area contributed by atoms with Crippen LogP contribution in [0.4, 0.5) is 0 Å². The molecule has 23 heavy (non-hydrogen) atoms. The van der Waals surface area contributed by atoms with Crippen molar-refractivity contribution in [3.05, 3.63) is 48.3 Å². The lowest BCUT2D eigenvalue weighted by molar-refractivity contribution is 0.174. The first-order chi connectivity index (χ1) is 11.2. The Kier molecular flexibility index (Phi) is 3.46. The number of nitrogens with zero attached hydrogens (tertiary/aromatic N) is 2. The van der Waals surface area contributed by atoms with Gasteiger partial charge in [0.25, 0.3) is 0 Å². The second-order valence-electron chi connectivity index (χ2n) is 5.58. The number of benzene rings is 1. The van der Waals surface area contributed by atoms with Crippen molar-refractivity contribution in [2.45, 2.75) is 23.8 Å². The van der Waals surface area contributed by atoms with Crippen LogP contribution in [0.3, 0.4) is 0 Å². The number of aromatic nitrogens is 1. The van der Waals surface area contributed by atoms with E-state index in [1.54, 1.807) is 28.8 Å². The highest BCUT2D eigenvalue weighted by Gasteiger charge is 2.36. The molecule has 0 spiro atoms. The number of hydrogen-bond donors (Lipinski definition) is 0. The second-order valence-corrected chi connectivity index (χ2v) is 7.47. The Morgan fingerprint density at radius 3 is 2.87 bits per heavy atom. The first-order valence-corrected chi connectivity index (χ1v) is 8.92. The van der Waals surface area contributed by atoms with Crippen LogP contribution in [0.1, 0.15) is 24.4 Å². The molecule has 2 aliphatic heterocycles. The zero-order valence-electron chi connectivity index (χ0n) is 12.4. The fraction of sp³-hybridized carbons (Fsp3) is 0.312. The summed E-state index contributed by atoms with van der Waals surface area (Å²) in [5.41, 5.74) is 0.925. The van der Waals surface area contributed by atoms with Gasteiger partial charge in [-0.25, -0.2) is 8.42 Å². The number of ether oxygens (including phenoxy) is 2. The molecule has 2 aliphatic rings. The monoisotopic (exact) mass is 332 g/mol. The minimum Gasteiger partial charge on any atom is -0.454 e. The third-order valence-corrected chi connectivity index (χ3v) is 6.13. The molecule has 0 N–H and O–H groups in total. The molecule has 1 saturated heterocycles. The lowest BCUT2D eigenvalue weighted by atomic mass is 10.1. The van der Waals surface area contributed by atoms with E-state index in [2.05, 4.69) is 4.98 Å². The van der Waals surface area contributed by atoms with Crippen molar-refractivity contribution in [1.29, 1.82) is 0 Å². The molecule has 0 saturated carbocycles. The summed E-state index contributed by atoms with van der Waals surface area (Å²) in [6.45, 7) is 0.636. The molecule has 0 amide bonds. The van der Waals surface area contributed by atoms with Gasteiger partial charge >= 0.3 is 0 Å². The summed E-state index contributed by atoms with van der Waals surface area (Å²) in [5, 5.41) is 0. The van der Waals surface area contributed by atoms with Gasteiger partial charge in [-0.2, -0.15) is 4.31 Å². The predicted octanol–water partition coefficient (Wildman–Crippen LogP) is 2.34. The SMILES string of the molecule is O=S(=O)(c1ccc2c(c1)OCO2)N1CCCC1c1cccnc1. The predicted molar refractivity (Wildman–Crippen MR) is 82.7 cm³/mol. The molecule has 2 aromatic rings. The summed E-state index contributed by atoms with van der Waals surface area (Å²) >= 11 is 0. The quantitative estimate of drug-likeness (QED) is 0.863. The molecule has 0 bridgehead atoms. The highest BCUT2D eigenvalue weighted by atomic mass is 32.2. The van der Waals surface area contributed by atoms with Crippen LogP contribution in [0, 0.1) is 0 Å². The number of fused-ring (bicyclic) bond motifs is 1. The largest absolute Gasteiger partial charge is 0.454 e. The van der Waals surface area contributed by atoms with Crippen LogP contribution in [-0.2, 0) is 10.0 Å². The molecule has 1 aromatic carbocycles. The van der Waals surface area contributed by atoms with Gasteiger partial charge in [0.2, 0.25) is 16.8 Å². The van der Waals surface area contributed by atoms with Crippen LogP contribution >= 0.6 is 0 Å². The third-order valence-electron chi connectivity index (χ3n) is 4.22. The van der Waals surface area contributed by atoms with Crippen molar-refractivity contribution in [2.75, 3.05) is 13.3 Å². The normalized spacial score (nSPS) is 20.8. The highest BCUT2D eigenvalue weighted by Crippen LogP contribution is 2.39. The number of rotatable bonds is 3. The Labute approximate surface area is 134 Å². The van der Waals surface area contributed by atoms with E-state index in [1.807, 2.05) is 12.1 Å². The summed E-state index contributed by atoms with van der Waals surface area (Å²) in [4.78, 5) is 4.34. The van der Waals surface area contributed by atoms with Crippen LogP contribution in [0.25, 0.3) is 0 Å². The fourth-order valence-electron chi connectivity index (χ4n) is 3.11. The minimum absolute atomic E-state index is 0.126. The van der Waals surface area contributed by atoms with Crippen molar-refractivity contribution in [3.8, 4) is 11.5 Å². The highest BCUT2D eigenvalue weighted by molar-refractivity contribution is 7.89. The summed E-state index contributed by atoms with van der Waals surface area (Å²) in [7, 11) is -3.59. The molecular formula is C16H16N2O4S. The molecule has 1 aromatic heterocycles. The molecule has 6 nitrogen and oxygen atoms in total. The maximum absolute atomic E-state index is 13.0. The maximum Gasteiger partial charge on any atom is 0.243 e. The summed E-state index contributed by atoms with van der Waals surface area (Å²) in [5.74, 6) is 1.05. The van der Waals surface area contributed by atoms with Gasteiger partial charge in [0, 0.05) is 25.0 Å².